The van der Waals surface area contributed by atoms with Gasteiger partial charge in [0, 0.05) is 25.2 Å². The summed E-state index contributed by atoms with van der Waals surface area (Å²) < 4.78 is 5.55. The lowest BCUT2D eigenvalue weighted by molar-refractivity contribution is -0.139. The van der Waals surface area contributed by atoms with Crippen LogP contribution in [0.2, 0.25) is 0 Å². The second-order valence-corrected chi connectivity index (χ2v) is 8.62. The number of unbranched alkanes of at least 4 members (excludes halogenated alkanes) is 1. The van der Waals surface area contributed by atoms with Crippen LogP contribution >= 0.6 is 0 Å². The predicted octanol–water partition coefficient (Wildman–Crippen LogP) is 4.04. The normalized spacial score (nSPS) is 11.2. The number of nitrogens with zero attached hydrogens (tertiary/aromatic N) is 2. The van der Waals surface area contributed by atoms with E-state index in [1.165, 1.54) is 0 Å². The Hall–Kier alpha value is -3.02. The standard InChI is InChI=1S/C24H27NO2.C6H15NO3/c1-3-5-12-19(4-2)18-27-24(26)22(17-25)23(20-13-8-6-9-14-20)21-15-10-7-11-16-21;8-4-1-7(2-5-9)3-6-10/h6-11,13-16,19H,3-5,12,18H2,1-2H3;8-10H,1-6H2. The third-order valence-corrected chi connectivity index (χ3v) is 5.93. The molecule has 2 rings (SSSR count). The van der Waals surface area contributed by atoms with Gasteiger partial charge in [-0.1, -0.05) is 93.8 Å². The van der Waals surface area contributed by atoms with E-state index in [2.05, 4.69) is 19.9 Å². The predicted molar refractivity (Wildman–Crippen MR) is 146 cm³/mol. The minimum Gasteiger partial charge on any atom is -0.461 e. The fourth-order valence-electron chi connectivity index (χ4n) is 3.79. The van der Waals surface area contributed by atoms with Crippen molar-refractivity contribution in [2.24, 2.45) is 5.92 Å². The molecule has 7 heteroatoms. The molecule has 3 N–H and O–H groups in total. The Labute approximate surface area is 221 Å². The van der Waals surface area contributed by atoms with E-state index in [0.29, 0.717) is 37.7 Å². The molecule has 2 aromatic rings. The summed E-state index contributed by atoms with van der Waals surface area (Å²) in [5.74, 6) is -0.208. The molecule has 0 radical (unpaired) electrons. The van der Waals surface area contributed by atoms with Crippen molar-refractivity contribution in [1.29, 1.82) is 5.26 Å². The zero-order valence-corrected chi connectivity index (χ0v) is 22.2. The maximum atomic E-state index is 12.8. The molecule has 0 amide bonds. The highest BCUT2D eigenvalue weighted by atomic mass is 16.5. The van der Waals surface area contributed by atoms with Crippen molar-refractivity contribution < 1.29 is 24.9 Å². The average Bonchev–Trinajstić information content (AvgIpc) is 2.93. The summed E-state index contributed by atoms with van der Waals surface area (Å²) in [6, 6.07) is 21.1. The van der Waals surface area contributed by atoms with Crippen LogP contribution in [0, 0.1) is 17.2 Å². The zero-order chi connectivity index (χ0) is 27.3. The lowest BCUT2D eigenvalue weighted by Gasteiger charge is -2.17. The van der Waals surface area contributed by atoms with Gasteiger partial charge in [0.15, 0.2) is 0 Å². The first-order valence-electron chi connectivity index (χ1n) is 13.0. The van der Waals surface area contributed by atoms with Crippen LogP contribution in [0.3, 0.4) is 0 Å². The molecule has 0 aromatic heterocycles. The summed E-state index contributed by atoms with van der Waals surface area (Å²) >= 11 is 0. The van der Waals surface area contributed by atoms with Crippen LogP contribution < -0.4 is 0 Å². The third-order valence-electron chi connectivity index (χ3n) is 5.93. The van der Waals surface area contributed by atoms with Crippen LogP contribution in [0.15, 0.2) is 66.2 Å². The minimum atomic E-state index is -0.546. The van der Waals surface area contributed by atoms with Gasteiger partial charge >= 0.3 is 5.97 Å². The van der Waals surface area contributed by atoms with Gasteiger partial charge in [0.25, 0.3) is 0 Å². The lowest BCUT2D eigenvalue weighted by Crippen LogP contribution is -2.32. The molecular weight excluding hydrogens is 468 g/mol. The van der Waals surface area contributed by atoms with Crippen molar-refractivity contribution in [3.8, 4) is 6.07 Å². The first kappa shape index (κ1) is 32.0. The molecule has 0 spiro atoms. The molecular formula is C30H42N2O5. The number of aliphatic hydroxyl groups excluding tert-OH is 3. The molecule has 2 aromatic carbocycles. The lowest BCUT2D eigenvalue weighted by atomic mass is 9.93. The largest absolute Gasteiger partial charge is 0.461 e. The quantitative estimate of drug-likeness (QED) is 0.188. The van der Waals surface area contributed by atoms with Crippen molar-refractivity contribution in [3.05, 3.63) is 77.4 Å². The Balaban J connectivity index is 0.000000580. The van der Waals surface area contributed by atoms with Crippen molar-refractivity contribution >= 4 is 11.5 Å². The number of hydrogen-bond donors (Lipinski definition) is 3. The van der Waals surface area contributed by atoms with E-state index in [-0.39, 0.29) is 25.4 Å². The molecule has 0 aliphatic heterocycles. The Morgan fingerprint density at radius 1 is 0.892 bits per heavy atom. The molecule has 1 unspecified atom stereocenters. The molecule has 37 heavy (non-hydrogen) atoms. The second-order valence-electron chi connectivity index (χ2n) is 8.62. The fraction of sp³-hybridized carbons (Fsp3) is 0.467. The number of nitriles is 1. The molecule has 0 saturated heterocycles. The Morgan fingerprint density at radius 3 is 1.76 bits per heavy atom. The van der Waals surface area contributed by atoms with Gasteiger partial charge < -0.3 is 20.1 Å². The average molecular weight is 511 g/mol. The first-order valence-corrected chi connectivity index (χ1v) is 13.0. The van der Waals surface area contributed by atoms with E-state index in [1.54, 1.807) is 4.90 Å². The summed E-state index contributed by atoms with van der Waals surface area (Å²) in [4.78, 5) is 14.5. The van der Waals surface area contributed by atoms with E-state index in [4.69, 9.17) is 20.1 Å². The van der Waals surface area contributed by atoms with Crippen LogP contribution in [0.5, 0.6) is 0 Å². The molecule has 1 atom stereocenters. The van der Waals surface area contributed by atoms with Gasteiger partial charge in [0.05, 0.1) is 26.4 Å². The SMILES string of the molecule is CCCCC(CC)COC(=O)C(C#N)=C(c1ccccc1)c1ccccc1.OCCN(CCO)CCO. The highest BCUT2D eigenvalue weighted by molar-refractivity contribution is 6.05. The van der Waals surface area contributed by atoms with E-state index >= 15 is 0 Å². The second kappa shape index (κ2) is 20.1. The summed E-state index contributed by atoms with van der Waals surface area (Å²) in [5.41, 5.74) is 2.33. The molecule has 0 aliphatic carbocycles. The Kier molecular flexibility index (Phi) is 17.4. The zero-order valence-electron chi connectivity index (χ0n) is 22.2. The maximum Gasteiger partial charge on any atom is 0.349 e. The van der Waals surface area contributed by atoms with E-state index < -0.39 is 5.97 Å². The van der Waals surface area contributed by atoms with Gasteiger partial charge in [-0.15, -0.1) is 0 Å². The fourth-order valence-corrected chi connectivity index (χ4v) is 3.79. The number of esters is 1. The molecule has 0 heterocycles. The topological polar surface area (TPSA) is 114 Å². The Bertz CT molecular complexity index is 886. The smallest absolute Gasteiger partial charge is 0.349 e. The van der Waals surface area contributed by atoms with Gasteiger partial charge in [-0.25, -0.2) is 4.79 Å². The molecule has 0 aliphatic rings. The van der Waals surface area contributed by atoms with Crippen LogP contribution in [-0.4, -0.2) is 72.3 Å². The number of rotatable bonds is 15. The number of carbonyl (C=O) groups excluding carboxylic acids is 1. The van der Waals surface area contributed by atoms with Crippen LogP contribution in [-0.2, 0) is 9.53 Å². The van der Waals surface area contributed by atoms with Crippen molar-refractivity contribution in [2.75, 3.05) is 46.1 Å². The van der Waals surface area contributed by atoms with Crippen LogP contribution in [0.1, 0.15) is 50.7 Å². The van der Waals surface area contributed by atoms with E-state index in [0.717, 1.165) is 36.8 Å². The van der Waals surface area contributed by atoms with Crippen LogP contribution in [0.4, 0.5) is 0 Å². The number of hydrogen-bond acceptors (Lipinski definition) is 7. The number of benzene rings is 2. The minimum absolute atomic E-state index is 0.0535. The first-order chi connectivity index (χ1) is 18.1. The summed E-state index contributed by atoms with van der Waals surface area (Å²) in [6.45, 7) is 6.37. The van der Waals surface area contributed by atoms with Gasteiger partial charge in [0.1, 0.15) is 11.6 Å². The van der Waals surface area contributed by atoms with Gasteiger partial charge in [-0.05, 0) is 23.5 Å². The molecule has 7 nitrogen and oxygen atoms in total. The number of carbonyl (C=O) groups is 1. The highest BCUT2D eigenvalue weighted by Crippen LogP contribution is 2.27. The maximum absolute atomic E-state index is 12.8. The van der Waals surface area contributed by atoms with E-state index in [9.17, 15) is 10.1 Å². The molecule has 0 saturated carbocycles. The van der Waals surface area contributed by atoms with E-state index in [1.807, 2.05) is 60.7 Å². The Morgan fingerprint density at radius 2 is 1.38 bits per heavy atom. The molecule has 0 bridgehead atoms. The molecule has 202 valence electrons. The van der Waals surface area contributed by atoms with Crippen molar-refractivity contribution in [3.63, 3.8) is 0 Å². The van der Waals surface area contributed by atoms with Crippen molar-refractivity contribution in [1.82, 2.24) is 4.90 Å². The van der Waals surface area contributed by atoms with Gasteiger partial charge in [-0.2, -0.15) is 5.26 Å². The summed E-state index contributed by atoms with van der Waals surface area (Å²) in [5, 5.41) is 35.2. The van der Waals surface area contributed by atoms with Crippen LogP contribution in [0.25, 0.3) is 5.57 Å². The highest BCUT2D eigenvalue weighted by Gasteiger charge is 2.21. The third kappa shape index (κ3) is 12.2. The number of aliphatic hydroxyl groups is 3. The summed E-state index contributed by atoms with van der Waals surface area (Å²) in [6.07, 6.45) is 4.25. The summed E-state index contributed by atoms with van der Waals surface area (Å²) in [7, 11) is 0. The monoisotopic (exact) mass is 510 g/mol. The van der Waals surface area contributed by atoms with Gasteiger partial charge in [-0.3, -0.25) is 4.90 Å². The van der Waals surface area contributed by atoms with Gasteiger partial charge in [0.2, 0.25) is 0 Å². The molecule has 0 fully saturated rings. The number of ether oxygens (including phenoxy) is 1. The van der Waals surface area contributed by atoms with Crippen molar-refractivity contribution in [2.45, 2.75) is 39.5 Å².